The molecule has 0 aromatic heterocycles. The third kappa shape index (κ3) is 8.90. The summed E-state index contributed by atoms with van der Waals surface area (Å²) in [5.74, 6) is -1.90. The zero-order chi connectivity index (χ0) is 33.3. The van der Waals surface area contributed by atoms with E-state index >= 15 is 0 Å². The molecule has 47 heavy (non-hydrogen) atoms. The Morgan fingerprint density at radius 2 is 1.64 bits per heavy atom. The van der Waals surface area contributed by atoms with Crippen molar-refractivity contribution in [3.05, 3.63) is 134 Å². The summed E-state index contributed by atoms with van der Waals surface area (Å²) in [4.78, 5) is 52.5. The number of anilines is 1. The number of carbonyl (C=O) groups excluding carboxylic acids is 4. The molecule has 242 valence electrons. The normalized spacial score (nSPS) is 14.0. The van der Waals surface area contributed by atoms with Crippen LogP contribution in [0.3, 0.4) is 0 Å². The SMILES string of the molecule is Cc1cccc(CC(=O)Nc2ccc(Cl)c(C(=O)N[C@@H](CNC(=O)N[C@@H]3CCc4ccccc43)C(=O)OCc3ccccc3)c2Cl)c1. The summed E-state index contributed by atoms with van der Waals surface area (Å²) >= 11 is 13.0. The molecule has 0 fully saturated rings. The van der Waals surface area contributed by atoms with Crippen molar-refractivity contribution in [2.45, 2.75) is 44.9 Å². The molecule has 0 unspecified atom stereocenters. The highest BCUT2D eigenvalue weighted by Crippen LogP contribution is 2.32. The predicted molar refractivity (Wildman–Crippen MR) is 182 cm³/mol. The maximum atomic E-state index is 13.6. The number of amides is 4. The standard InChI is InChI=1S/C36H34Cl2N4O5/c1-22-8-7-11-24(18-22)19-31(43)40-29-17-15-27(37)32(33(29)38)34(44)41-30(35(45)47-21-23-9-3-2-4-10-23)20-39-36(46)42-28-16-14-25-12-5-6-13-26(25)28/h2-13,15,17-18,28,30H,14,16,19-21H2,1H3,(H,40,43)(H,41,44)(H2,39,42,46)/t28-,30+/m1/s1. The fraction of sp³-hybridized carbons (Fsp3) is 0.222. The van der Waals surface area contributed by atoms with Crippen LogP contribution in [0.2, 0.25) is 10.0 Å². The predicted octanol–water partition coefficient (Wildman–Crippen LogP) is 6.31. The topological polar surface area (TPSA) is 126 Å². The number of hydrogen-bond acceptors (Lipinski definition) is 5. The Labute approximate surface area is 283 Å². The van der Waals surface area contributed by atoms with Crippen LogP contribution in [0, 0.1) is 6.92 Å². The number of fused-ring (bicyclic) bond motifs is 1. The van der Waals surface area contributed by atoms with Crippen LogP contribution in [0.1, 0.15) is 50.6 Å². The molecular formula is C36H34Cl2N4O5. The van der Waals surface area contributed by atoms with Crippen LogP contribution < -0.4 is 21.3 Å². The number of aryl methyl sites for hydroxylation is 2. The lowest BCUT2D eigenvalue weighted by molar-refractivity contribution is -0.147. The van der Waals surface area contributed by atoms with Gasteiger partial charge in [0.05, 0.1) is 40.3 Å². The van der Waals surface area contributed by atoms with Gasteiger partial charge in [-0.3, -0.25) is 9.59 Å². The Hall–Kier alpha value is -4.86. The summed E-state index contributed by atoms with van der Waals surface area (Å²) in [7, 11) is 0. The van der Waals surface area contributed by atoms with Crippen LogP contribution in [-0.2, 0) is 33.8 Å². The molecule has 9 nitrogen and oxygen atoms in total. The van der Waals surface area contributed by atoms with Crippen molar-refractivity contribution in [2.24, 2.45) is 0 Å². The molecule has 4 aromatic carbocycles. The van der Waals surface area contributed by atoms with Crippen LogP contribution in [0.25, 0.3) is 0 Å². The second-order valence-electron chi connectivity index (χ2n) is 11.3. The lowest BCUT2D eigenvalue weighted by atomic mass is 10.1. The summed E-state index contributed by atoms with van der Waals surface area (Å²) in [5.41, 5.74) is 4.84. The smallest absolute Gasteiger partial charge is 0.330 e. The number of ether oxygens (including phenoxy) is 1. The molecule has 4 amide bonds. The summed E-state index contributed by atoms with van der Waals surface area (Å²) in [5, 5.41) is 10.9. The number of hydrogen-bond donors (Lipinski definition) is 4. The molecule has 0 saturated heterocycles. The van der Waals surface area contributed by atoms with E-state index in [-0.39, 0.29) is 52.8 Å². The van der Waals surface area contributed by atoms with Crippen molar-refractivity contribution in [1.29, 1.82) is 0 Å². The van der Waals surface area contributed by atoms with Crippen molar-refractivity contribution in [1.82, 2.24) is 16.0 Å². The molecule has 1 aliphatic carbocycles. The number of urea groups is 1. The average Bonchev–Trinajstić information content (AvgIpc) is 3.46. The summed E-state index contributed by atoms with van der Waals surface area (Å²) in [6, 6.07) is 25.4. The molecule has 0 bridgehead atoms. The number of esters is 1. The second-order valence-corrected chi connectivity index (χ2v) is 12.0. The number of carbonyl (C=O) groups is 4. The highest BCUT2D eigenvalue weighted by Gasteiger charge is 2.28. The van der Waals surface area contributed by atoms with Crippen molar-refractivity contribution in [2.75, 3.05) is 11.9 Å². The van der Waals surface area contributed by atoms with E-state index in [4.69, 9.17) is 27.9 Å². The quantitative estimate of drug-likeness (QED) is 0.139. The molecule has 5 rings (SSSR count). The third-order valence-electron chi connectivity index (χ3n) is 7.76. The van der Waals surface area contributed by atoms with Crippen molar-refractivity contribution in [3.63, 3.8) is 0 Å². The Bertz CT molecular complexity index is 1780. The third-order valence-corrected chi connectivity index (χ3v) is 8.47. The van der Waals surface area contributed by atoms with Crippen molar-refractivity contribution >= 4 is 52.7 Å². The minimum atomic E-state index is -1.29. The molecule has 1 aliphatic rings. The van der Waals surface area contributed by atoms with Gasteiger partial charge in [0.15, 0.2) is 0 Å². The zero-order valence-electron chi connectivity index (χ0n) is 25.6. The molecule has 4 aromatic rings. The summed E-state index contributed by atoms with van der Waals surface area (Å²) < 4.78 is 5.49. The van der Waals surface area contributed by atoms with Crippen molar-refractivity contribution in [3.8, 4) is 0 Å². The van der Waals surface area contributed by atoms with Gasteiger partial charge in [0.25, 0.3) is 5.91 Å². The highest BCUT2D eigenvalue weighted by atomic mass is 35.5. The van der Waals surface area contributed by atoms with Gasteiger partial charge in [0, 0.05) is 0 Å². The van der Waals surface area contributed by atoms with Gasteiger partial charge in [-0.1, -0.05) is 108 Å². The van der Waals surface area contributed by atoms with E-state index in [0.717, 1.165) is 35.1 Å². The molecule has 0 aliphatic heterocycles. The first kappa shape index (κ1) is 33.5. The van der Waals surface area contributed by atoms with Crippen LogP contribution in [0.5, 0.6) is 0 Å². The summed E-state index contributed by atoms with van der Waals surface area (Å²) in [6.45, 7) is 1.62. The minimum absolute atomic E-state index is 0.00573. The average molecular weight is 674 g/mol. The first-order chi connectivity index (χ1) is 22.7. The molecule has 0 saturated carbocycles. The highest BCUT2D eigenvalue weighted by molar-refractivity contribution is 6.41. The van der Waals surface area contributed by atoms with E-state index < -0.39 is 23.9 Å². The Balaban J connectivity index is 1.28. The van der Waals surface area contributed by atoms with Crippen LogP contribution in [-0.4, -0.2) is 36.4 Å². The van der Waals surface area contributed by atoms with Gasteiger partial charge < -0.3 is 26.0 Å². The van der Waals surface area contributed by atoms with Gasteiger partial charge in [-0.05, 0) is 54.2 Å². The first-order valence-corrected chi connectivity index (χ1v) is 15.9. The van der Waals surface area contributed by atoms with Crippen LogP contribution in [0.4, 0.5) is 10.5 Å². The number of rotatable bonds is 11. The van der Waals surface area contributed by atoms with Gasteiger partial charge in [0.2, 0.25) is 5.91 Å². The molecule has 4 N–H and O–H groups in total. The van der Waals surface area contributed by atoms with Gasteiger partial charge in [-0.2, -0.15) is 0 Å². The summed E-state index contributed by atoms with van der Waals surface area (Å²) in [6.07, 6.45) is 1.69. The van der Waals surface area contributed by atoms with E-state index in [1.165, 1.54) is 17.7 Å². The van der Waals surface area contributed by atoms with Crippen molar-refractivity contribution < 1.29 is 23.9 Å². The monoisotopic (exact) mass is 672 g/mol. The van der Waals surface area contributed by atoms with Crippen LogP contribution >= 0.6 is 23.2 Å². The van der Waals surface area contributed by atoms with Gasteiger partial charge in [-0.25, -0.2) is 9.59 Å². The minimum Gasteiger partial charge on any atom is -0.459 e. The number of nitrogens with one attached hydrogen (secondary N) is 4. The maximum Gasteiger partial charge on any atom is 0.330 e. The lowest BCUT2D eigenvalue weighted by Crippen LogP contribution is -2.51. The number of benzene rings is 4. The van der Waals surface area contributed by atoms with Gasteiger partial charge >= 0.3 is 12.0 Å². The zero-order valence-corrected chi connectivity index (χ0v) is 27.2. The molecular weight excluding hydrogens is 639 g/mol. The molecule has 2 atom stereocenters. The van der Waals surface area contributed by atoms with Gasteiger partial charge in [-0.15, -0.1) is 0 Å². The number of halogens is 2. The Kier molecular flexibility index (Phi) is 11.1. The fourth-order valence-corrected chi connectivity index (χ4v) is 6.01. The molecule has 0 radical (unpaired) electrons. The molecule has 11 heteroatoms. The largest absolute Gasteiger partial charge is 0.459 e. The fourth-order valence-electron chi connectivity index (χ4n) is 5.42. The van der Waals surface area contributed by atoms with E-state index in [0.29, 0.717) is 0 Å². The van der Waals surface area contributed by atoms with E-state index in [1.807, 2.05) is 73.7 Å². The van der Waals surface area contributed by atoms with E-state index in [1.54, 1.807) is 12.1 Å². The maximum absolute atomic E-state index is 13.6. The Morgan fingerprint density at radius 3 is 2.43 bits per heavy atom. The lowest BCUT2D eigenvalue weighted by Gasteiger charge is -2.21. The van der Waals surface area contributed by atoms with E-state index in [2.05, 4.69) is 21.3 Å². The first-order valence-electron chi connectivity index (χ1n) is 15.1. The van der Waals surface area contributed by atoms with Gasteiger partial charge in [0.1, 0.15) is 12.6 Å². The van der Waals surface area contributed by atoms with Crippen LogP contribution in [0.15, 0.2) is 91.0 Å². The molecule has 0 spiro atoms. The molecule has 0 heterocycles. The Morgan fingerprint density at radius 1 is 0.894 bits per heavy atom. The van der Waals surface area contributed by atoms with E-state index in [9.17, 15) is 19.2 Å². The second kappa shape index (κ2) is 15.6.